The van der Waals surface area contributed by atoms with E-state index in [9.17, 15) is 9.59 Å². The molecule has 0 spiro atoms. The monoisotopic (exact) mass is 427 g/mol. The Labute approximate surface area is 179 Å². The van der Waals surface area contributed by atoms with Gasteiger partial charge in [-0.05, 0) is 37.5 Å². The van der Waals surface area contributed by atoms with E-state index in [-0.39, 0.29) is 42.2 Å². The molecule has 156 valence electrons. The van der Waals surface area contributed by atoms with E-state index in [2.05, 4.69) is 10.6 Å². The van der Waals surface area contributed by atoms with Crippen molar-refractivity contribution in [2.24, 2.45) is 5.92 Å². The van der Waals surface area contributed by atoms with Crippen LogP contribution < -0.4 is 10.6 Å². The molecule has 2 unspecified atom stereocenters. The molecule has 7 heteroatoms. The lowest BCUT2D eigenvalue weighted by Gasteiger charge is -2.37. The minimum atomic E-state index is -0.151. The number of amides is 2. The largest absolute Gasteiger partial charge is 0.353 e. The summed E-state index contributed by atoms with van der Waals surface area (Å²) in [5, 5.41) is 7.10. The van der Waals surface area contributed by atoms with Crippen molar-refractivity contribution >= 4 is 35.8 Å². The maximum Gasteiger partial charge on any atom is 0.225 e. The molecule has 1 heterocycles. The summed E-state index contributed by atoms with van der Waals surface area (Å²) in [6, 6.07) is 7.53. The van der Waals surface area contributed by atoms with Gasteiger partial charge in [-0.1, -0.05) is 43.0 Å². The van der Waals surface area contributed by atoms with E-state index < -0.39 is 0 Å². The van der Waals surface area contributed by atoms with Crippen molar-refractivity contribution in [2.75, 3.05) is 19.6 Å². The van der Waals surface area contributed by atoms with Gasteiger partial charge in [0.05, 0.1) is 6.04 Å². The second-order valence-electron chi connectivity index (χ2n) is 7.81. The maximum absolute atomic E-state index is 12.9. The molecule has 1 saturated heterocycles. The zero-order valence-electron chi connectivity index (χ0n) is 16.5. The average molecular weight is 428 g/mol. The molecular formula is C21H31Cl2N3O2. The normalized spacial score (nSPS) is 21.5. The first-order chi connectivity index (χ1) is 13.0. The van der Waals surface area contributed by atoms with Gasteiger partial charge in [0.2, 0.25) is 11.8 Å². The van der Waals surface area contributed by atoms with Crippen molar-refractivity contribution in [3.05, 3.63) is 34.9 Å². The average Bonchev–Trinajstić information content (AvgIpc) is 2.68. The van der Waals surface area contributed by atoms with Crippen LogP contribution in [0.4, 0.5) is 0 Å². The SMILES string of the molecule is CC(CC(=O)N1CCNCC1c1cccc(Cl)c1)NC(=O)C1CCCCC1.Cl. The molecule has 2 amide bonds. The summed E-state index contributed by atoms with van der Waals surface area (Å²) in [7, 11) is 0. The number of piperazine rings is 1. The Morgan fingerprint density at radius 2 is 2.04 bits per heavy atom. The quantitative estimate of drug-likeness (QED) is 0.752. The van der Waals surface area contributed by atoms with Crippen molar-refractivity contribution in [2.45, 2.75) is 57.5 Å². The standard InChI is InChI=1S/C21H30ClN3O2.ClH/c1-15(24-21(27)16-6-3-2-4-7-16)12-20(26)25-11-10-23-14-19(25)17-8-5-9-18(22)13-17;/h5,8-9,13,15-16,19,23H,2-4,6-7,10-12,14H2,1H3,(H,24,27);1H. The highest BCUT2D eigenvalue weighted by Gasteiger charge is 2.29. The molecule has 2 N–H and O–H groups in total. The Morgan fingerprint density at radius 3 is 2.75 bits per heavy atom. The third-order valence-corrected chi connectivity index (χ3v) is 5.88. The summed E-state index contributed by atoms with van der Waals surface area (Å²) in [5.74, 6) is 0.314. The zero-order valence-corrected chi connectivity index (χ0v) is 18.0. The minimum absolute atomic E-state index is 0. The van der Waals surface area contributed by atoms with Crippen LogP contribution in [0.15, 0.2) is 24.3 Å². The first-order valence-electron chi connectivity index (χ1n) is 10.1. The number of carbonyl (C=O) groups excluding carboxylic acids is 2. The highest BCUT2D eigenvalue weighted by molar-refractivity contribution is 6.30. The predicted octanol–water partition coefficient (Wildman–Crippen LogP) is 3.71. The Balaban J connectivity index is 0.00000280. The molecule has 28 heavy (non-hydrogen) atoms. The van der Waals surface area contributed by atoms with Gasteiger partial charge in [0.15, 0.2) is 0 Å². The molecule has 3 rings (SSSR count). The molecule has 0 radical (unpaired) electrons. The van der Waals surface area contributed by atoms with Gasteiger partial charge in [-0.25, -0.2) is 0 Å². The fourth-order valence-corrected chi connectivity index (χ4v) is 4.37. The molecule has 0 bridgehead atoms. The maximum atomic E-state index is 12.9. The van der Waals surface area contributed by atoms with Gasteiger partial charge in [0.1, 0.15) is 0 Å². The molecule has 2 aliphatic rings. The fourth-order valence-electron chi connectivity index (χ4n) is 4.17. The Kier molecular flexibility index (Phi) is 9.06. The summed E-state index contributed by atoms with van der Waals surface area (Å²) in [6.07, 6.45) is 5.77. The van der Waals surface area contributed by atoms with Crippen LogP contribution in [0.1, 0.15) is 57.1 Å². The van der Waals surface area contributed by atoms with Crippen LogP contribution in [0.3, 0.4) is 0 Å². The first kappa shape index (κ1) is 23.0. The lowest BCUT2D eigenvalue weighted by molar-refractivity contribution is -0.135. The topological polar surface area (TPSA) is 61.4 Å². The van der Waals surface area contributed by atoms with Crippen molar-refractivity contribution in [1.29, 1.82) is 0 Å². The number of halogens is 2. The molecule has 1 aromatic rings. The molecule has 2 atom stereocenters. The van der Waals surface area contributed by atoms with E-state index >= 15 is 0 Å². The molecule has 1 aromatic carbocycles. The van der Waals surface area contributed by atoms with Gasteiger partial charge in [-0.15, -0.1) is 12.4 Å². The van der Waals surface area contributed by atoms with Crippen molar-refractivity contribution in [3.63, 3.8) is 0 Å². The number of benzene rings is 1. The minimum Gasteiger partial charge on any atom is -0.353 e. The van der Waals surface area contributed by atoms with Crippen LogP contribution in [0.2, 0.25) is 5.02 Å². The number of nitrogens with zero attached hydrogens (tertiary/aromatic N) is 1. The zero-order chi connectivity index (χ0) is 19.2. The fraction of sp³-hybridized carbons (Fsp3) is 0.619. The summed E-state index contributed by atoms with van der Waals surface area (Å²) in [5.41, 5.74) is 1.04. The van der Waals surface area contributed by atoms with E-state index in [1.54, 1.807) is 0 Å². The molecule has 1 saturated carbocycles. The summed E-state index contributed by atoms with van der Waals surface area (Å²) in [4.78, 5) is 27.3. The Hall–Kier alpha value is -1.30. The molecule has 0 aromatic heterocycles. The lowest BCUT2D eigenvalue weighted by Crippen LogP contribution is -2.50. The summed E-state index contributed by atoms with van der Waals surface area (Å²) >= 11 is 6.14. The molecule has 1 aliphatic carbocycles. The van der Waals surface area contributed by atoms with Crippen LogP contribution in [-0.2, 0) is 9.59 Å². The number of hydrogen-bond donors (Lipinski definition) is 2. The van der Waals surface area contributed by atoms with E-state index in [0.717, 1.165) is 44.3 Å². The number of carbonyl (C=O) groups is 2. The van der Waals surface area contributed by atoms with E-state index in [1.165, 1.54) is 6.42 Å². The first-order valence-corrected chi connectivity index (χ1v) is 10.5. The molecule has 2 fully saturated rings. The van der Waals surface area contributed by atoms with Crippen LogP contribution >= 0.6 is 24.0 Å². The highest BCUT2D eigenvalue weighted by atomic mass is 35.5. The third-order valence-electron chi connectivity index (χ3n) is 5.64. The number of rotatable bonds is 5. The van der Waals surface area contributed by atoms with Gasteiger partial charge >= 0.3 is 0 Å². The molecule has 5 nitrogen and oxygen atoms in total. The van der Waals surface area contributed by atoms with Crippen molar-refractivity contribution < 1.29 is 9.59 Å². The third kappa shape index (κ3) is 6.10. The van der Waals surface area contributed by atoms with Gasteiger partial charge in [-0.2, -0.15) is 0 Å². The van der Waals surface area contributed by atoms with Gasteiger partial charge in [0.25, 0.3) is 0 Å². The number of hydrogen-bond acceptors (Lipinski definition) is 3. The lowest BCUT2D eigenvalue weighted by atomic mass is 9.88. The molecule has 1 aliphatic heterocycles. The van der Waals surface area contributed by atoms with Crippen LogP contribution in [0, 0.1) is 5.92 Å². The number of nitrogens with one attached hydrogen (secondary N) is 2. The van der Waals surface area contributed by atoms with Crippen LogP contribution in [0.5, 0.6) is 0 Å². The smallest absolute Gasteiger partial charge is 0.225 e. The van der Waals surface area contributed by atoms with Gasteiger partial charge in [0, 0.05) is 43.0 Å². The molecular weight excluding hydrogens is 397 g/mol. The van der Waals surface area contributed by atoms with Crippen LogP contribution in [0.25, 0.3) is 0 Å². The van der Waals surface area contributed by atoms with Gasteiger partial charge < -0.3 is 15.5 Å². The summed E-state index contributed by atoms with van der Waals surface area (Å²) in [6.45, 7) is 4.09. The highest BCUT2D eigenvalue weighted by Crippen LogP contribution is 2.26. The Morgan fingerprint density at radius 1 is 1.29 bits per heavy atom. The van der Waals surface area contributed by atoms with Crippen LogP contribution in [-0.4, -0.2) is 42.4 Å². The van der Waals surface area contributed by atoms with Gasteiger partial charge in [-0.3, -0.25) is 9.59 Å². The Bertz CT molecular complexity index is 665. The van der Waals surface area contributed by atoms with E-state index in [1.807, 2.05) is 36.1 Å². The van der Waals surface area contributed by atoms with E-state index in [4.69, 9.17) is 11.6 Å². The van der Waals surface area contributed by atoms with Crippen molar-refractivity contribution in [1.82, 2.24) is 15.5 Å². The second-order valence-corrected chi connectivity index (χ2v) is 8.25. The second kappa shape index (κ2) is 11.0. The van der Waals surface area contributed by atoms with Crippen molar-refractivity contribution in [3.8, 4) is 0 Å². The summed E-state index contributed by atoms with van der Waals surface area (Å²) < 4.78 is 0. The predicted molar refractivity (Wildman–Crippen MR) is 115 cm³/mol. The van der Waals surface area contributed by atoms with E-state index in [0.29, 0.717) is 18.0 Å².